The molecule has 2 heterocycles. The van der Waals surface area contributed by atoms with Crippen LogP contribution in [0.2, 0.25) is 0 Å². The second-order valence-corrected chi connectivity index (χ2v) is 2.78. The molecule has 0 unspecified atom stereocenters. The molecule has 0 amide bonds. The molecule has 2 aliphatic heterocycles. The van der Waals surface area contributed by atoms with Crippen molar-refractivity contribution in [3.63, 3.8) is 0 Å². The van der Waals surface area contributed by atoms with Crippen LogP contribution < -0.4 is 0 Å². The van der Waals surface area contributed by atoms with Gasteiger partial charge in [0.1, 0.15) is 6.10 Å². The number of fused-ring (bicyclic) bond motifs is 2. The standard InChI is InChI=1S/C7H10O4/c1-9-5-2-4(8)7-10-3-6(5)11-7/h5-7H,2-3H2,1H3/t5-,6+,7+/m0/s1. The summed E-state index contributed by atoms with van der Waals surface area (Å²) in [6.45, 7) is 0.481. The van der Waals surface area contributed by atoms with Crippen LogP contribution in [-0.4, -0.2) is 38.0 Å². The molecule has 4 heteroatoms. The van der Waals surface area contributed by atoms with Crippen LogP contribution >= 0.6 is 0 Å². The highest BCUT2D eigenvalue weighted by Crippen LogP contribution is 2.25. The summed E-state index contributed by atoms with van der Waals surface area (Å²) < 4.78 is 15.4. The zero-order valence-electron chi connectivity index (χ0n) is 6.28. The minimum absolute atomic E-state index is 0.00870. The Morgan fingerprint density at radius 3 is 3.18 bits per heavy atom. The molecule has 0 spiro atoms. The monoisotopic (exact) mass is 158 g/mol. The second-order valence-electron chi connectivity index (χ2n) is 2.78. The predicted octanol–water partition coefficient (Wildman–Crippen LogP) is -0.284. The normalized spacial score (nSPS) is 43.0. The van der Waals surface area contributed by atoms with Crippen molar-refractivity contribution in [3.05, 3.63) is 0 Å². The molecule has 0 saturated carbocycles. The lowest BCUT2D eigenvalue weighted by atomic mass is 10.1. The molecular weight excluding hydrogens is 148 g/mol. The van der Waals surface area contributed by atoms with Gasteiger partial charge in [-0.05, 0) is 0 Å². The fourth-order valence-corrected chi connectivity index (χ4v) is 1.44. The Balaban J connectivity index is 2.11. The Kier molecular flexibility index (Phi) is 1.67. The van der Waals surface area contributed by atoms with Crippen molar-refractivity contribution in [2.45, 2.75) is 24.9 Å². The van der Waals surface area contributed by atoms with Gasteiger partial charge >= 0.3 is 0 Å². The van der Waals surface area contributed by atoms with Crippen molar-refractivity contribution < 1.29 is 19.0 Å². The molecule has 62 valence electrons. The van der Waals surface area contributed by atoms with Crippen LogP contribution in [0.4, 0.5) is 0 Å². The second kappa shape index (κ2) is 2.55. The highest BCUT2D eigenvalue weighted by atomic mass is 16.7. The Labute approximate surface area is 64.4 Å². The molecule has 3 atom stereocenters. The van der Waals surface area contributed by atoms with Gasteiger partial charge in [-0.2, -0.15) is 0 Å². The number of ether oxygens (including phenoxy) is 3. The van der Waals surface area contributed by atoms with Gasteiger partial charge < -0.3 is 14.2 Å². The number of methoxy groups -OCH3 is 1. The Hall–Kier alpha value is -0.450. The molecule has 4 nitrogen and oxygen atoms in total. The first-order chi connectivity index (χ1) is 5.31. The average molecular weight is 158 g/mol. The van der Waals surface area contributed by atoms with Crippen LogP contribution in [0.1, 0.15) is 6.42 Å². The summed E-state index contributed by atoms with van der Waals surface area (Å²) >= 11 is 0. The summed E-state index contributed by atoms with van der Waals surface area (Å²) in [5, 5.41) is 0. The van der Waals surface area contributed by atoms with Crippen LogP contribution in [0.25, 0.3) is 0 Å². The summed E-state index contributed by atoms with van der Waals surface area (Å²) in [4.78, 5) is 11.1. The summed E-state index contributed by atoms with van der Waals surface area (Å²) in [6, 6.07) is 0. The van der Waals surface area contributed by atoms with E-state index >= 15 is 0 Å². The van der Waals surface area contributed by atoms with Gasteiger partial charge in [0.25, 0.3) is 0 Å². The van der Waals surface area contributed by atoms with Gasteiger partial charge in [-0.3, -0.25) is 4.79 Å². The number of hydrogen-bond donors (Lipinski definition) is 0. The Morgan fingerprint density at radius 2 is 2.45 bits per heavy atom. The molecule has 0 aromatic heterocycles. The number of rotatable bonds is 1. The maximum Gasteiger partial charge on any atom is 0.218 e. The van der Waals surface area contributed by atoms with E-state index in [1.807, 2.05) is 0 Å². The largest absolute Gasteiger partial charge is 0.378 e. The summed E-state index contributed by atoms with van der Waals surface area (Å²) in [5.41, 5.74) is 0. The third kappa shape index (κ3) is 1.07. The number of carbonyl (C=O) groups is 1. The van der Waals surface area contributed by atoms with Crippen LogP contribution in [0.15, 0.2) is 0 Å². The van der Waals surface area contributed by atoms with E-state index in [2.05, 4.69) is 0 Å². The minimum atomic E-state index is -0.605. The van der Waals surface area contributed by atoms with Crippen molar-refractivity contribution in [2.24, 2.45) is 0 Å². The van der Waals surface area contributed by atoms with Gasteiger partial charge in [-0.15, -0.1) is 0 Å². The van der Waals surface area contributed by atoms with Crippen LogP contribution in [0.3, 0.4) is 0 Å². The van der Waals surface area contributed by atoms with Crippen LogP contribution in [-0.2, 0) is 19.0 Å². The summed E-state index contributed by atoms with van der Waals surface area (Å²) in [6.07, 6.45) is -0.332. The lowest BCUT2D eigenvalue weighted by Crippen LogP contribution is -2.40. The average Bonchev–Trinajstić information content (AvgIpc) is 2.43. The molecule has 2 aliphatic rings. The maximum atomic E-state index is 11.1. The fraction of sp³-hybridized carbons (Fsp3) is 0.857. The highest BCUT2D eigenvalue weighted by Gasteiger charge is 2.43. The molecule has 0 N–H and O–H groups in total. The molecular formula is C7H10O4. The lowest BCUT2D eigenvalue weighted by Gasteiger charge is -2.24. The summed E-state index contributed by atoms with van der Waals surface area (Å²) in [7, 11) is 1.58. The van der Waals surface area contributed by atoms with Crippen molar-refractivity contribution in [3.8, 4) is 0 Å². The van der Waals surface area contributed by atoms with Gasteiger partial charge in [-0.25, -0.2) is 0 Å². The number of hydrogen-bond acceptors (Lipinski definition) is 4. The SMILES string of the molecule is CO[C@H]1CC(=O)[C@@H]2OC[C@H]1O2. The molecule has 0 aromatic rings. The first-order valence-corrected chi connectivity index (χ1v) is 3.64. The lowest BCUT2D eigenvalue weighted by molar-refractivity contribution is -0.164. The van der Waals surface area contributed by atoms with Crippen molar-refractivity contribution in [1.29, 1.82) is 0 Å². The Morgan fingerprint density at radius 1 is 1.64 bits per heavy atom. The Bertz CT molecular complexity index is 179. The van der Waals surface area contributed by atoms with Crippen molar-refractivity contribution in [1.82, 2.24) is 0 Å². The first-order valence-electron chi connectivity index (χ1n) is 3.64. The van der Waals surface area contributed by atoms with E-state index in [9.17, 15) is 4.79 Å². The quantitative estimate of drug-likeness (QED) is 0.526. The number of carbonyl (C=O) groups excluding carboxylic acids is 1. The fourth-order valence-electron chi connectivity index (χ4n) is 1.44. The van der Waals surface area contributed by atoms with Gasteiger partial charge in [-0.1, -0.05) is 0 Å². The third-order valence-corrected chi connectivity index (χ3v) is 2.09. The van der Waals surface area contributed by atoms with E-state index in [1.165, 1.54) is 0 Å². The molecule has 2 saturated heterocycles. The van der Waals surface area contributed by atoms with Crippen LogP contribution in [0, 0.1) is 0 Å². The minimum Gasteiger partial charge on any atom is -0.378 e. The molecule has 0 aliphatic carbocycles. The number of Topliss-reactive ketones (excluding diaryl/α,β-unsaturated/α-hetero) is 1. The zero-order valence-corrected chi connectivity index (χ0v) is 6.28. The van der Waals surface area contributed by atoms with Gasteiger partial charge in [0.05, 0.1) is 12.7 Å². The van der Waals surface area contributed by atoms with E-state index < -0.39 is 6.29 Å². The van der Waals surface area contributed by atoms with Crippen LogP contribution in [0.5, 0.6) is 0 Å². The highest BCUT2D eigenvalue weighted by molar-refractivity contribution is 5.83. The van der Waals surface area contributed by atoms with Crippen molar-refractivity contribution in [2.75, 3.05) is 13.7 Å². The predicted molar refractivity (Wildman–Crippen MR) is 35.0 cm³/mol. The topological polar surface area (TPSA) is 44.8 Å². The third-order valence-electron chi connectivity index (χ3n) is 2.09. The van der Waals surface area contributed by atoms with Crippen molar-refractivity contribution >= 4 is 5.78 Å². The maximum absolute atomic E-state index is 11.1. The molecule has 2 fully saturated rings. The van der Waals surface area contributed by atoms with E-state index in [1.54, 1.807) is 7.11 Å². The van der Waals surface area contributed by atoms with Gasteiger partial charge in [0, 0.05) is 13.5 Å². The van der Waals surface area contributed by atoms with E-state index in [-0.39, 0.29) is 18.0 Å². The molecule has 2 bridgehead atoms. The molecule has 2 rings (SSSR count). The number of ketones is 1. The molecule has 0 radical (unpaired) electrons. The first kappa shape index (κ1) is 7.21. The van der Waals surface area contributed by atoms with E-state index in [0.29, 0.717) is 13.0 Å². The smallest absolute Gasteiger partial charge is 0.218 e. The molecule has 11 heavy (non-hydrogen) atoms. The zero-order chi connectivity index (χ0) is 7.84. The summed E-state index contributed by atoms with van der Waals surface area (Å²) in [5.74, 6) is -0.00870. The molecule has 0 aromatic carbocycles. The van der Waals surface area contributed by atoms with Gasteiger partial charge in [0.2, 0.25) is 6.29 Å². The van der Waals surface area contributed by atoms with E-state index in [0.717, 1.165) is 0 Å². The van der Waals surface area contributed by atoms with E-state index in [4.69, 9.17) is 14.2 Å². The van der Waals surface area contributed by atoms with Gasteiger partial charge in [0.15, 0.2) is 5.78 Å².